The highest BCUT2D eigenvalue weighted by Gasteiger charge is 2.14. The first kappa shape index (κ1) is 15.2. The quantitative estimate of drug-likeness (QED) is 0.897. The minimum Gasteiger partial charge on any atom is -0.344 e. The van der Waals surface area contributed by atoms with Crippen LogP contribution in [-0.4, -0.2) is 18.9 Å². The fraction of sp³-hybridized carbons (Fsp3) is 0.154. The van der Waals surface area contributed by atoms with Gasteiger partial charge in [0.1, 0.15) is 11.5 Å². The van der Waals surface area contributed by atoms with Gasteiger partial charge in [0, 0.05) is 18.4 Å². The standard InChI is InChI=1S/C13H14FN3O3S/c1-2-17-5-3-4-12(17)13(18)16-10-6-9(14)7-11(8-10)21(15,19)20/h3-8H,2H2,1H3,(H,16,18)(H2,15,19,20). The molecule has 0 aliphatic heterocycles. The second-order valence-corrected chi connectivity index (χ2v) is 5.92. The smallest absolute Gasteiger partial charge is 0.272 e. The van der Waals surface area contributed by atoms with Crippen molar-refractivity contribution < 1.29 is 17.6 Å². The molecule has 8 heteroatoms. The van der Waals surface area contributed by atoms with Crippen LogP contribution in [0.5, 0.6) is 0 Å². The summed E-state index contributed by atoms with van der Waals surface area (Å²) in [5.74, 6) is -1.27. The third-order valence-electron chi connectivity index (χ3n) is 2.86. The van der Waals surface area contributed by atoms with E-state index in [4.69, 9.17) is 5.14 Å². The van der Waals surface area contributed by atoms with Gasteiger partial charge in [-0.05, 0) is 37.3 Å². The van der Waals surface area contributed by atoms with Crippen molar-refractivity contribution >= 4 is 21.6 Å². The summed E-state index contributed by atoms with van der Waals surface area (Å²) >= 11 is 0. The number of halogens is 1. The zero-order chi connectivity index (χ0) is 15.6. The van der Waals surface area contributed by atoms with Gasteiger partial charge < -0.3 is 9.88 Å². The summed E-state index contributed by atoms with van der Waals surface area (Å²) in [5, 5.41) is 7.41. The van der Waals surface area contributed by atoms with Gasteiger partial charge in [0.25, 0.3) is 5.91 Å². The Bertz CT molecular complexity index is 784. The van der Waals surface area contributed by atoms with Gasteiger partial charge in [-0.3, -0.25) is 4.79 Å². The van der Waals surface area contributed by atoms with E-state index < -0.39 is 26.6 Å². The highest BCUT2D eigenvalue weighted by molar-refractivity contribution is 7.89. The molecule has 0 spiro atoms. The molecular weight excluding hydrogens is 297 g/mol. The summed E-state index contributed by atoms with van der Waals surface area (Å²) in [7, 11) is -4.05. The number of sulfonamides is 1. The van der Waals surface area contributed by atoms with Gasteiger partial charge in [-0.2, -0.15) is 0 Å². The molecule has 1 aromatic carbocycles. The molecule has 0 atom stereocenters. The minimum absolute atomic E-state index is 0.0212. The van der Waals surface area contributed by atoms with Crippen molar-refractivity contribution in [3.05, 3.63) is 48.0 Å². The molecule has 1 aromatic heterocycles. The number of benzene rings is 1. The lowest BCUT2D eigenvalue weighted by Gasteiger charge is -2.09. The van der Waals surface area contributed by atoms with Crippen molar-refractivity contribution in [2.45, 2.75) is 18.4 Å². The number of rotatable bonds is 4. The van der Waals surface area contributed by atoms with Gasteiger partial charge in [0.05, 0.1) is 4.90 Å². The molecule has 0 radical (unpaired) electrons. The Balaban J connectivity index is 2.32. The average molecular weight is 311 g/mol. The second-order valence-electron chi connectivity index (χ2n) is 4.35. The number of carbonyl (C=O) groups excluding carboxylic acids is 1. The number of hydrogen-bond donors (Lipinski definition) is 2. The summed E-state index contributed by atoms with van der Waals surface area (Å²) < 4.78 is 37.6. The highest BCUT2D eigenvalue weighted by atomic mass is 32.2. The molecule has 2 rings (SSSR count). The molecule has 0 fully saturated rings. The van der Waals surface area contributed by atoms with Crippen LogP contribution in [0, 0.1) is 5.82 Å². The zero-order valence-electron chi connectivity index (χ0n) is 11.2. The number of nitrogens with zero attached hydrogens (tertiary/aromatic N) is 1. The van der Waals surface area contributed by atoms with Gasteiger partial charge in [-0.25, -0.2) is 17.9 Å². The fourth-order valence-corrected chi connectivity index (χ4v) is 2.46. The number of amides is 1. The Labute approximate surface area is 121 Å². The van der Waals surface area contributed by atoms with E-state index >= 15 is 0 Å². The van der Waals surface area contributed by atoms with Crippen LogP contribution < -0.4 is 10.5 Å². The molecule has 6 nitrogen and oxygen atoms in total. The van der Waals surface area contributed by atoms with Crippen molar-refractivity contribution in [2.75, 3.05) is 5.32 Å². The molecule has 0 aliphatic rings. The van der Waals surface area contributed by atoms with E-state index in [2.05, 4.69) is 5.32 Å². The van der Waals surface area contributed by atoms with Crippen LogP contribution in [0.2, 0.25) is 0 Å². The summed E-state index contributed by atoms with van der Waals surface area (Å²) in [5.41, 5.74) is 0.409. The Morgan fingerprint density at radius 3 is 2.71 bits per heavy atom. The second kappa shape index (κ2) is 5.66. The van der Waals surface area contributed by atoms with Gasteiger partial charge in [0.15, 0.2) is 0 Å². The van der Waals surface area contributed by atoms with Gasteiger partial charge in [-0.15, -0.1) is 0 Å². The van der Waals surface area contributed by atoms with Crippen molar-refractivity contribution in [1.82, 2.24) is 4.57 Å². The van der Waals surface area contributed by atoms with Gasteiger partial charge >= 0.3 is 0 Å². The van der Waals surface area contributed by atoms with E-state index in [1.165, 1.54) is 0 Å². The Morgan fingerprint density at radius 2 is 2.10 bits per heavy atom. The maximum atomic E-state index is 13.4. The van der Waals surface area contributed by atoms with Crippen molar-refractivity contribution in [1.29, 1.82) is 0 Å². The highest BCUT2D eigenvalue weighted by Crippen LogP contribution is 2.18. The third-order valence-corrected chi connectivity index (χ3v) is 3.75. The summed E-state index contributed by atoms with van der Waals surface area (Å²) in [6.07, 6.45) is 1.73. The molecular formula is C13H14FN3O3S. The number of aromatic nitrogens is 1. The predicted octanol–water partition coefficient (Wildman–Crippen LogP) is 1.55. The van der Waals surface area contributed by atoms with Crippen LogP contribution in [0.15, 0.2) is 41.4 Å². The topological polar surface area (TPSA) is 94.2 Å². The maximum Gasteiger partial charge on any atom is 0.272 e. The van der Waals surface area contributed by atoms with Crippen LogP contribution in [0.25, 0.3) is 0 Å². The number of carbonyl (C=O) groups is 1. The van der Waals surface area contributed by atoms with Gasteiger partial charge in [0.2, 0.25) is 10.0 Å². The first-order chi connectivity index (χ1) is 9.81. The summed E-state index contributed by atoms with van der Waals surface area (Å²) in [6.45, 7) is 2.47. The number of aryl methyl sites for hydroxylation is 1. The van der Waals surface area contributed by atoms with E-state index in [9.17, 15) is 17.6 Å². The Morgan fingerprint density at radius 1 is 1.38 bits per heavy atom. The summed E-state index contributed by atoms with van der Waals surface area (Å²) in [6, 6.07) is 6.24. The Kier molecular flexibility index (Phi) is 4.10. The van der Waals surface area contributed by atoms with Crippen LogP contribution in [0.3, 0.4) is 0 Å². The molecule has 0 saturated carbocycles. The lowest BCUT2D eigenvalue weighted by Crippen LogP contribution is -2.17. The number of nitrogens with one attached hydrogen (secondary N) is 1. The molecule has 1 amide bonds. The van der Waals surface area contributed by atoms with Crippen LogP contribution in [0.4, 0.5) is 10.1 Å². The minimum atomic E-state index is -4.05. The lowest BCUT2D eigenvalue weighted by molar-refractivity contribution is 0.101. The molecule has 0 bridgehead atoms. The lowest BCUT2D eigenvalue weighted by atomic mass is 10.3. The largest absolute Gasteiger partial charge is 0.344 e. The fourth-order valence-electron chi connectivity index (χ4n) is 1.89. The van der Waals surface area contributed by atoms with Gasteiger partial charge in [-0.1, -0.05) is 0 Å². The normalized spacial score (nSPS) is 11.4. The van der Waals surface area contributed by atoms with Crippen molar-refractivity contribution in [2.24, 2.45) is 5.14 Å². The number of hydrogen-bond acceptors (Lipinski definition) is 3. The van der Waals surface area contributed by atoms with Crippen LogP contribution in [0.1, 0.15) is 17.4 Å². The number of nitrogens with two attached hydrogens (primary N) is 1. The van der Waals surface area contributed by atoms with E-state index in [1.807, 2.05) is 6.92 Å². The molecule has 2 aromatic rings. The maximum absolute atomic E-state index is 13.4. The first-order valence-corrected chi connectivity index (χ1v) is 7.66. The molecule has 3 N–H and O–H groups in total. The number of primary sulfonamides is 1. The van der Waals surface area contributed by atoms with E-state index in [-0.39, 0.29) is 5.69 Å². The SMILES string of the molecule is CCn1cccc1C(=O)Nc1cc(F)cc(S(N)(=O)=O)c1. The molecule has 0 unspecified atom stereocenters. The number of anilines is 1. The van der Waals surface area contributed by atoms with E-state index in [0.717, 1.165) is 18.2 Å². The molecule has 21 heavy (non-hydrogen) atoms. The monoisotopic (exact) mass is 311 g/mol. The van der Waals surface area contributed by atoms with E-state index in [1.54, 1.807) is 22.9 Å². The molecule has 0 saturated heterocycles. The van der Waals surface area contributed by atoms with Crippen LogP contribution >= 0.6 is 0 Å². The predicted molar refractivity (Wildman–Crippen MR) is 75.8 cm³/mol. The molecule has 1 heterocycles. The van der Waals surface area contributed by atoms with Crippen LogP contribution in [-0.2, 0) is 16.6 Å². The average Bonchev–Trinajstić information content (AvgIpc) is 2.85. The summed E-state index contributed by atoms with van der Waals surface area (Å²) in [4.78, 5) is 11.7. The third kappa shape index (κ3) is 3.47. The Hall–Kier alpha value is -2.19. The first-order valence-electron chi connectivity index (χ1n) is 6.11. The van der Waals surface area contributed by atoms with Crippen molar-refractivity contribution in [3.63, 3.8) is 0 Å². The molecule has 0 aliphatic carbocycles. The van der Waals surface area contributed by atoms with E-state index in [0.29, 0.717) is 12.2 Å². The van der Waals surface area contributed by atoms with Crippen molar-refractivity contribution in [3.8, 4) is 0 Å². The molecule has 112 valence electrons. The zero-order valence-corrected chi connectivity index (χ0v) is 12.0.